The fourth-order valence-corrected chi connectivity index (χ4v) is 3.54. The van der Waals surface area contributed by atoms with Crippen LogP contribution < -0.4 is 5.73 Å². The highest BCUT2D eigenvalue weighted by Gasteiger charge is 2.20. The molecule has 0 aromatic carbocycles. The maximum atomic E-state index is 6.23. The molecule has 1 unspecified atom stereocenters. The van der Waals surface area contributed by atoms with Crippen LogP contribution in [-0.2, 0) is 0 Å². The third-order valence-corrected chi connectivity index (χ3v) is 4.53. The molecular formula is C14H27N. The largest absolute Gasteiger partial charge is 0.328 e. The summed E-state index contributed by atoms with van der Waals surface area (Å²) in [5.74, 6) is 2.00. The zero-order chi connectivity index (χ0) is 10.5. The van der Waals surface area contributed by atoms with Gasteiger partial charge in [0.15, 0.2) is 0 Å². The Balaban J connectivity index is 1.57. The van der Waals surface area contributed by atoms with Crippen molar-refractivity contribution in [2.45, 2.75) is 76.7 Å². The van der Waals surface area contributed by atoms with Crippen molar-refractivity contribution in [2.24, 2.45) is 17.6 Å². The second-order valence-corrected chi connectivity index (χ2v) is 5.87. The smallest absolute Gasteiger partial charge is 0.00415 e. The van der Waals surface area contributed by atoms with E-state index in [9.17, 15) is 0 Å². The Morgan fingerprint density at radius 1 is 0.867 bits per heavy atom. The molecule has 1 heteroatoms. The molecule has 1 nitrogen and oxygen atoms in total. The fraction of sp³-hybridized carbons (Fsp3) is 1.00. The summed E-state index contributed by atoms with van der Waals surface area (Å²) >= 11 is 0. The van der Waals surface area contributed by atoms with Crippen molar-refractivity contribution in [1.29, 1.82) is 0 Å². The van der Waals surface area contributed by atoms with E-state index >= 15 is 0 Å². The molecule has 2 aliphatic rings. The minimum atomic E-state index is 0.508. The Morgan fingerprint density at radius 3 is 2.00 bits per heavy atom. The summed E-state index contributed by atoms with van der Waals surface area (Å²) in [4.78, 5) is 0. The van der Waals surface area contributed by atoms with Crippen LogP contribution in [0.2, 0.25) is 0 Å². The molecule has 15 heavy (non-hydrogen) atoms. The minimum absolute atomic E-state index is 0.508. The molecule has 0 bridgehead atoms. The minimum Gasteiger partial charge on any atom is -0.328 e. The zero-order valence-corrected chi connectivity index (χ0v) is 10.1. The van der Waals surface area contributed by atoms with Crippen LogP contribution in [0.25, 0.3) is 0 Å². The number of hydrogen-bond acceptors (Lipinski definition) is 1. The van der Waals surface area contributed by atoms with Crippen molar-refractivity contribution < 1.29 is 0 Å². The van der Waals surface area contributed by atoms with E-state index in [4.69, 9.17) is 5.73 Å². The lowest BCUT2D eigenvalue weighted by Crippen LogP contribution is -2.23. The van der Waals surface area contributed by atoms with E-state index in [1.54, 1.807) is 0 Å². The van der Waals surface area contributed by atoms with Gasteiger partial charge in [-0.05, 0) is 31.1 Å². The zero-order valence-electron chi connectivity index (χ0n) is 10.1. The normalized spacial score (nSPS) is 26.2. The van der Waals surface area contributed by atoms with Crippen molar-refractivity contribution in [2.75, 3.05) is 0 Å². The topological polar surface area (TPSA) is 26.0 Å². The van der Waals surface area contributed by atoms with Gasteiger partial charge in [0.05, 0.1) is 0 Å². The van der Waals surface area contributed by atoms with Gasteiger partial charge in [0.2, 0.25) is 0 Å². The van der Waals surface area contributed by atoms with E-state index in [0.29, 0.717) is 6.04 Å². The van der Waals surface area contributed by atoms with Crippen LogP contribution in [0.3, 0.4) is 0 Å². The van der Waals surface area contributed by atoms with Crippen LogP contribution in [-0.4, -0.2) is 6.04 Å². The number of rotatable bonds is 5. The molecule has 88 valence electrons. The molecule has 0 aromatic rings. The lowest BCUT2D eigenvalue weighted by molar-refractivity contribution is 0.386. The summed E-state index contributed by atoms with van der Waals surface area (Å²) < 4.78 is 0. The van der Waals surface area contributed by atoms with Gasteiger partial charge in [-0.1, -0.05) is 51.4 Å². The highest BCUT2D eigenvalue weighted by molar-refractivity contribution is 4.75. The third-order valence-electron chi connectivity index (χ3n) is 4.53. The summed E-state index contributed by atoms with van der Waals surface area (Å²) in [7, 11) is 0. The predicted octanol–water partition coefficient (Wildman–Crippen LogP) is 3.86. The van der Waals surface area contributed by atoms with Crippen molar-refractivity contribution >= 4 is 0 Å². The van der Waals surface area contributed by atoms with Crippen molar-refractivity contribution in [1.82, 2.24) is 0 Å². The Hall–Kier alpha value is -0.0400. The molecular weight excluding hydrogens is 182 g/mol. The first-order valence-corrected chi connectivity index (χ1v) is 7.10. The van der Waals surface area contributed by atoms with E-state index in [-0.39, 0.29) is 0 Å². The van der Waals surface area contributed by atoms with Crippen LogP contribution in [0.4, 0.5) is 0 Å². The summed E-state index contributed by atoms with van der Waals surface area (Å²) in [5.41, 5.74) is 6.23. The first-order valence-electron chi connectivity index (χ1n) is 7.10. The van der Waals surface area contributed by atoms with E-state index in [1.807, 2.05) is 0 Å². The molecule has 2 rings (SSSR count). The fourth-order valence-electron chi connectivity index (χ4n) is 3.54. The van der Waals surface area contributed by atoms with Gasteiger partial charge in [0.25, 0.3) is 0 Å². The Kier molecular flexibility index (Phi) is 4.49. The monoisotopic (exact) mass is 209 g/mol. The molecule has 2 N–H and O–H groups in total. The van der Waals surface area contributed by atoms with Gasteiger partial charge in [0, 0.05) is 6.04 Å². The predicted molar refractivity (Wildman–Crippen MR) is 65.7 cm³/mol. The van der Waals surface area contributed by atoms with Gasteiger partial charge in [0.1, 0.15) is 0 Å². The highest BCUT2D eigenvalue weighted by Crippen LogP contribution is 2.31. The maximum Gasteiger partial charge on any atom is 0.00415 e. The van der Waals surface area contributed by atoms with Gasteiger partial charge in [-0.2, -0.15) is 0 Å². The van der Waals surface area contributed by atoms with Gasteiger partial charge in [-0.15, -0.1) is 0 Å². The maximum absolute atomic E-state index is 6.23. The van der Waals surface area contributed by atoms with Crippen molar-refractivity contribution in [3.8, 4) is 0 Å². The standard InChI is InChI=1S/C14H27N/c15-14(11-13-7-3-4-8-13)10-9-12-5-1-2-6-12/h12-14H,1-11,15H2. The molecule has 0 radical (unpaired) electrons. The average molecular weight is 209 g/mol. The molecule has 2 fully saturated rings. The highest BCUT2D eigenvalue weighted by atomic mass is 14.6. The Labute approximate surface area is 94.8 Å². The van der Waals surface area contributed by atoms with E-state index in [0.717, 1.165) is 11.8 Å². The van der Waals surface area contributed by atoms with E-state index in [1.165, 1.54) is 70.6 Å². The number of hydrogen-bond donors (Lipinski definition) is 1. The third kappa shape index (κ3) is 3.79. The Morgan fingerprint density at radius 2 is 1.40 bits per heavy atom. The van der Waals surface area contributed by atoms with Gasteiger partial charge < -0.3 is 5.73 Å². The van der Waals surface area contributed by atoms with Crippen molar-refractivity contribution in [3.63, 3.8) is 0 Å². The second-order valence-electron chi connectivity index (χ2n) is 5.87. The van der Waals surface area contributed by atoms with E-state index < -0.39 is 0 Å². The molecule has 0 aliphatic heterocycles. The van der Waals surface area contributed by atoms with E-state index in [2.05, 4.69) is 0 Å². The summed E-state index contributed by atoms with van der Waals surface area (Å²) in [6.07, 6.45) is 15.8. The van der Waals surface area contributed by atoms with Gasteiger partial charge in [-0.3, -0.25) is 0 Å². The molecule has 2 saturated carbocycles. The van der Waals surface area contributed by atoms with Crippen LogP contribution in [0.1, 0.15) is 70.6 Å². The number of nitrogens with two attached hydrogens (primary N) is 1. The second kappa shape index (κ2) is 5.89. The lowest BCUT2D eigenvalue weighted by Gasteiger charge is -2.18. The van der Waals surface area contributed by atoms with Crippen LogP contribution in [0.5, 0.6) is 0 Å². The van der Waals surface area contributed by atoms with Crippen LogP contribution in [0.15, 0.2) is 0 Å². The Bertz CT molecular complexity index is 166. The summed E-state index contributed by atoms with van der Waals surface area (Å²) in [6, 6.07) is 0.508. The quantitative estimate of drug-likeness (QED) is 0.731. The first-order chi connectivity index (χ1) is 7.34. The molecule has 1 atom stereocenters. The molecule has 0 heterocycles. The van der Waals surface area contributed by atoms with Gasteiger partial charge >= 0.3 is 0 Å². The summed E-state index contributed by atoms with van der Waals surface area (Å²) in [5, 5.41) is 0. The average Bonchev–Trinajstić information content (AvgIpc) is 2.86. The lowest BCUT2D eigenvalue weighted by atomic mass is 9.92. The molecule has 2 aliphatic carbocycles. The molecule has 0 saturated heterocycles. The molecule has 0 spiro atoms. The van der Waals surface area contributed by atoms with Crippen molar-refractivity contribution in [3.05, 3.63) is 0 Å². The molecule has 0 aromatic heterocycles. The van der Waals surface area contributed by atoms with Crippen LogP contribution in [0, 0.1) is 11.8 Å². The molecule has 0 amide bonds. The first kappa shape index (κ1) is 11.4. The van der Waals surface area contributed by atoms with Gasteiger partial charge in [-0.25, -0.2) is 0 Å². The summed E-state index contributed by atoms with van der Waals surface area (Å²) in [6.45, 7) is 0. The van der Waals surface area contributed by atoms with Crippen LogP contribution >= 0.6 is 0 Å². The SMILES string of the molecule is NC(CCC1CCCC1)CC1CCCC1.